The number of carbonyl (C=O) groups is 1. The van der Waals surface area contributed by atoms with Crippen LogP contribution in [0, 0.1) is 11.7 Å². The second-order valence-corrected chi connectivity index (χ2v) is 6.45. The molecule has 4 heterocycles. The van der Waals surface area contributed by atoms with Gasteiger partial charge in [-0.25, -0.2) is 14.4 Å². The molecule has 6 nitrogen and oxygen atoms in total. The lowest BCUT2D eigenvalue weighted by atomic mass is 10.0. The van der Waals surface area contributed by atoms with Crippen LogP contribution in [0.1, 0.15) is 19.9 Å². The standard InChI is InChI=1S/C19H17FN4O2/c1-10(19(25)26)11(2)24-6-5-12-3-4-16(23-18(12)24)15-9-22-17-14(15)7-13(20)8-21-17/h3-11H,1-2H3,(H,21,22)(H,25,26)/t10-,11-/m1/s1. The lowest BCUT2D eigenvalue weighted by Gasteiger charge is -2.19. The van der Waals surface area contributed by atoms with Gasteiger partial charge >= 0.3 is 5.97 Å². The van der Waals surface area contributed by atoms with E-state index >= 15 is 0 Å². The number of nitrogens with one attached hydrogen (secondary N) is 1. The predicted molar refractivity (Wildman–Crippen MR) is 96.3 cm³/mol. The van der Waals surface area contributed by atoms with E-state index in [-0.39, 0.29) is 6.04 Å². The number of aromatic nitrogens is 4. The number of pyridine rings is 2. The first-order chi connectivity index (χ1) is 12.5. The third-order valence-corrected chi connectivity index (χ3v) is 4.89. The minimum atomic E-state index is -0.853. The van der Waals surface area contributed by atoms with Gasteiger partial charge in [-0.05, 0) is 38.1 Å². The fourth-order valence-corrected chi connectivity index (χ4v) is 3.14. The van der Waals surface area contributed by atoms with Gasteiger partial charge in [0.25, 0.3) is 0 Å². The fraction of sp³-hybridized carbons (Fsp3) is 0.211. The van der Waals surface area contributed by atoms with Crippen molar-refractivity contribution >= 4 is 28.0 Å². The Kier molecular flexibility index (Phi) is 3.72. The molecule has 2 atom stereocenters. The van der Waals surface area contributed by atoms with Crippen molar-refractivity contribution in [2.75, 3.05) is 0 Å². The number of carboxylic acid groups (broad SMARTS) is 1. The molecule has 0 aliphatic rings. The van der Waals surface area contributed by atoms with Crippen molar-refractivity contribution in [3.8, 4) is 11.3 Å². The second kappa shape index (κ2) is 5.94. The molecule has 0 spiro atoms. The largest absolute Gasteiger partial charge is 0.481 e. The summed E-state index contributed by atoms with van der Waals surface area (Å²) in [6.45, 7) is 3.54. The van der Waals surface area contributed by atoms with Crippen LogP contribution >= 0.6 is 0 Å². The maximum Gasteiger partial charge on any atom is 0.308 e. The SMILES string of the molecule is C[C@H]([C@@H](C)C(=O)O)n1ccc2ccc(-c3c[nH]c4ncc(F)cc34)nc21. The van der Waals surface area contributed by atoms with E-state index in [1.54, 1.807) is 13.1 Å². The summed E-state index contributed by atoms with van der Waals surface area (Å²) in [6, 6.07) is 6.88. The first-order valence-electron chi connectivity index (χ1n) is 8.29. The van der Waals surface area contributed by atoms with Gasteiger partial charge in [-0.1, -0.05) is 0 Å². The van der Waals surface area contributed by atoms with Gasteiger partial charge in [0.05, 0.1) is 17.8 Å². The Balaban J connectivity index is 1.86. The predicted octanol–water partition coefficient (Wildman–Crippen LogP) is 4.00. The Bertz CT molecular complexity index is 1130. The van der Waals surface area contributed by atoms with Crippen LogP contribution < -0.4 is 0 Å². The summed E-state index contributed by atoms with van der Waals surface area (Å²) < 4.78 is 15.5. The number of aliphatic carboxylic acids is 1. The summed E-state index contributed by atoms with van der Waals surface area (Å²) >= 11 is 0. The van der Waals surface area contributed by atoms with Gasteiger partial charge < -0.3 is 14.7 Å². The molecular weight excluding hydrogens is 335 g/mol. The number of fused-ring (bicyclic) bond motifs is 2. The van der Waals surface area contributed by atoms with Crippen molar-refractivity contribution in [1.29, 1.82) is 0 Å². The first-order valence-corrected chi connectivity index (χ1v) is 8.29. The summed E-state index contributed by atoms with van der Waals surface area (Å²) in [5.74, 6) is -1.82. The van der Waals surface area contributed by atoms with Crippen LogP contribution in [0.4, 0.5) is 4.39 Å². The van der Waals surface area contributed by atoms with Gasteiger partial charge in [0.2, 0.25) is 0 Å². The molecule has 4 aromatic rings. The highest BCUT2D eigenvalue weighted by Gasteiger charge is 2.22. The Morgan fingerprint density at radius 1 is 1.31 bits per heavy atom. The minimum absolute atomic E-state index is 0.255. The molecule has 7 heteroatoms. The van der Waals surface area contributed by atoms with Crippen LogP contribution in [0.25, 0.3) is 33.3 Å². The highest BCUT2D eigenvalue weighted by molar-refractivity contribution is 5.93. The lowest BCUT2D eigenvalue weighted by Crippen LogP contribution is -2.21. The lowest BCUT2D eigenvalue weighted by molar-refractivity contribution is -0.142. The van der Waals surface area contributed by atoms with Crippen molar-refractivity contribution in [3.63, 3.8) is 0 Å². The molecule has 0 radical (unpaired) electrons. The van der Waals surface area contributed by atoms with E-state index in [9.17, 15) is 14.3 Å². The average Bonchev–Trinajstić information content (AvgIpc) is 3.23. The summed E-state index contributed by atoms with van der Waals surface area (Å²) in [6.07, 6.45) is 4.77. The van der Waals surface area contributed by atoms with E-state index in [1.165, 1.54) is 12.3 Å². The summed E-state index contributed by atoms with van der Waals surface area (Å²) in [4.78, 5) is 23.1. The smallest absolute Gasteiger partial charge is 0.308 e. The van der Waals surface area contributed by atoms with E-state index in [4.69, 9.17) is 4.98 Å². The summed E-state index contributed by atoms with van der Waals surface area (Å²) in [5, 5.41) is 10.9. The summed E-state index contributed by atoms with van der Waals surface area (Å²) in [7, 11) is 0. The molecule has 132 valence electrons. The Morgan fingerprint density at radius 3 is 2.88 bits per heavy atom. The van der Waals surface area contributed by atoms with Crippen molar-refractivity contribution in [2.24, 2.45) is 5.92 Å². The number of carboxylic acids is 1. The number of aromatic amines is 1. The molecule has 26 heavy (non-hydrogen) atoms. The number of hydrogen-bond acceptors (Lipinski definition) is 3. The average molecular weight is 352 g/mol. The number of nitrogens with zero attached hydrogens (tertiary/aromatic N) is 3. The maximum atomic E-state index is 13.6. The zero-order chi connectivity index (χ0) is 18.4. The molecule has 0 aliphatic carbocycles. The van der Waals surface area contributed by atoms with Crippen molar-refractivity contribution in [1.82, 2.24) is 19.5 Å². The Labute approximate surface area is 148 Å². The molecule has 0 fully saturated rings. The molecule has 4 rings (SSSR count). The van der Waals surface area contributed by atoms with E-state index in [1.807, 2.05) is 35.9 Å². The van der Waals surface area contributed by atoms with Crippen LogP contribution in [0.15, 0.2) is 42.9 Å². The zero-order valence-electron chi connectivity index (χ0n) is 14.3. The molecule has 0 saturated carbocycles. The second-order valence-electron chi connectivity index (χ2n) is 6.45. The topological polar surface area (TPSA) is 83.8 Å². The van der Waals surface area contributed by atoms with Gasteiger partial charge in [-0.15, -0.1) is 0 Å². The van der Waals surface area contributed by atoms with E-state index in [0.717, 1.165) is 10.9 Å². The van der Waals surface area contributed by atoms with E-state index in [2.05, 4.69) is 9.97 Å². The first kappa shape index (κ1) is 16.3. The molecule has 0 amide bonds. The van der Waals surface area contributed by atoms with Gasteiger partial charge in [0, 0.05) is 34.8 Å². The molecule has 0 aromatic carbocycles. The third-order valence-electron chi connectivity index (χ3n) is 4.89. The van der Waals surface area contributed by atoms with Gasteiger partial charge in [-0.3, -0.25) is 4.79 Å². The molecular formula is C19H17FN4O2. The van der Waals surface area contributed by atoms with Crippen LogP contribution in [0.3, 0.4) is 0 Å². The van der Waals surface area contributed by atoms with Gasteiger partial charge in [0.15, 0.2) is 0 Å². The number of H-pyrrole nitrogens is 1. The van der Waals surface area contributed by atoms with E-state index in [0.29, 0.717) is 22.4 Å². The third kappa shape index (κ3) is 2.52. The molecule has 0 saturated heterocycles. The Hall–Kier alpha value is -3.22. The fourth-order valence-electron chi connectivity index (χ4n) is 3.14. The van der Waals surface area contributed by atoms with Crippen molar-refractivity contribution in [2.45, 2.75) is 19.9 Å². The summed E-state index contributed by atoms with van der Waals surface area (Å²) in [5.41, 5.74) is 2.71. The number of halogens is 1. The highest BCUT2D eigenvalue weighted by atomic mass is 19.1. The van der Waals surface area contributed by atoms with Crippen LogP contribution in [0.2, 0.25) is 0 Å². The van der Waals surface area contributed by atoms with Crippen LogP contribution in [-0.2, 0) is 4.79 Å². The van der Waals surface area contributed by atoms with E-state index < -0.39 is 17.7 Å². The van der Waals surface area contributed by atoms with Crippen molar-refractivity contribution in [3.05, 3.63) is 48.7 Å². The molecule has 4 aromatic heterocycles. The molecule has 0 aliphatic heterocycles. The number of hydrogen-bond donors (Lipinski definition) is 2. The highest BCUT2D eigenvalue weighted by Crippen LogP contribution is 2.30. The molecule has 0 unspecified atom stereocenters. The quantitative estimate of drug-likeness (QED) is 0.581. The normalized spacial score (nSPS) is 14.0. The van der Waals surface area contributed by atoms with Gasteiger partial charge in [-0.2, -0.15) is 0 Å². The van der Waals surface area contributed by atoms with Crippen molar-refractivity contribution < 1.29 is 14.3 Å². The molecule has 2 N–H and O–H groups in total. The minimum Gasteiger partial charge on any atom is -0.481 e. The monoisotopic (exact) mass is 352 g/mol. The maximum absolute atomic E-state index is 13.6. The molecule has 0 bridgehead atoms. The van der Waals surface area contributed by atoms with Crippen LogP contribution in [-0.4, -0.2) is 30.6 Å². The van der Waals surface area contributed by atoms with Crippen LogP contribution in [0.5, 0.6) is 0 Å². The number of rotatable bonds is 4. The Morgan fingerprint density at radius 2 is 2.12 bits per heavy atom. The zero-order valence-corrected chi connectivity index (χ0v) is 14.3. The van der Waals surface area contributed by atoms with Gasteiger partial charge in [0.1, 0.15) is 17.1 Å².